The quantitative estimate of drug-likeness (QED) is 0.585. The molecular weight excluding hydrogens is 182 g/mol. The van der Waals surface area contributed by atoms with E-state index in [9.17, 15) is 5.11 Å². The van der Waals surface area contributed by atoms with Gasteiger partial charge in [-0.05, 0) is 6.07 Å². The van der Waals surface area contributed by atoms with E-state index < -0.39 is 6.10 Å². The van der Waals surface area contributed by atoms with Crippen LogP contribution in [0.5, 0.6) is 0 Å². The highest BCUT2D eigenvalue weighted by atomic mass is 16.3. The fourth-order valence-corrected chi connectivity index (χ4v) is 1.30. The lowest BCUT2D eigenvalue weighted by molar-refractivity contribution is 0.179. The summed E-state index contributed by atoms with van der Waals surface area (Å²) in [6, 6.07) is 1.66. The molecule has 0 aliphatic carbocycles. The summed E-state index contributed by atoms with van der Waals surface area (Å²) >= 11 is 0. The molecule has 2 aromatic rings. The standard InChI is InChI=1S/C8H11N5O/c9-3-7(14)6-1-2-11-8-5(10)4-12-13(6)8/h1-2,4,7,14H,3,9-10H2. The average Bonchev–Trinajstić information content (AvgIpc) is 2.59. The Balaban J connectivity index is 2.65. The third kappa shape index (κ3) is 1.21. The maximum absolute atomic E-state index is 9.58. The lowest BCUT2D eigenvalue weighted by atomic mass is 10.2. The van der Waals surface area contributed by atoms with Crippen LogP contribution in [0.4, 0.5) is 5.69 Å². The minimum Gasteiger partial charge on any atom is -0.394 e. The van der Waals surface area contributed by atoms with E-state index in [2.05, 4.69) is 10.1 Å². The third-order valence-electron chi connectivity index (χ3n) is 2.02. The Kier molecular flexibility index (Phi) is 2.06. The first-order valence-corrected chi connectivity index (χ1v) is 4.20. The van der Waals surface area contributed by atoms with Gasteiger partial charge in [0.05, 0.1) is 17.6 Å². The van der Waals surface area contributed by atoms with Crippen LogP contribution >= 0.6 is 0 Å². The van der Waals surface area contributed by atoms with Crippen LogP contribution in [-0.2, 0) is 0 Å². The molecular formula is C8H11N5O. The van der Waals surface area contributed by atoms with Gasteiger partial charge in [-0.3, -0.25) is 0 Å². The summed E-state index contributed by atoms with van der Waals surface area (Å²) in [6.07, 6.45) is 2.32. The van der Waals surface area contributed by atoms with E-state index in [1.165, 1.54) is 10.7 Å². The van der Waals surface area contributed by atoms with E-state index in [1.807, 2.05) is 0 Å². The van der Waals surface area contributed by atoms with Gasteiger partial charge in [0, 0.05) is 12.7 Å². The molecule has 2 aromatic heterocycles. The highest BCUT2D eigenvalue weighted by Crippen LogP contribution is 2.15. The van der Waals surface area contributed by atoms with Crippen LogP contribution < -0.4 is 11.5 Å². The number of hydrogen-bond donors (Lipinski definition) is 3. The predicted molar refractivity (Wildman–Crippen MR) is 51.4 cm³/mol. The van der Waals surface area contributed by atoms with Crippen LogP contribution in [0.2, 0.25) is 0 Å². The van der Waals surface area contributed by atoms with Crippen LogP contribution in [0.3, 0.4) is 0 Å². The van der Waals surface area contributed by atoms with Crippen LogP contribution in [0.1, 0.15) is 11.8 Å². The molecule has 2 rings (SSSR count). The maximum atomic E-state index is 9.58. The number of aliphatic hydroxyl groups is 1. The smallest absolute Gasteiger partial charge is 0.178 e. The highest BCUT2D eigenvalue weighted by molar-refractivity contribution is 5.63. The summed E-state index contributed by atoms with van der Waals surface area (Å²) < 4.78 is 1.49. The second-order valence-corrected chi connectivity index (χ2v) is 2.96. The molecule has 0 aliphatic rings. The summed E-state index contributed by atoms with van der Waals surface area (Å²) in [7, 11) is 0. The molecule has 0 amide bonds. The van der Waals surface area contributed by atoms with E-state index in [0.29, 0.717) is 17.0 Å². The van der Waals surface area contributed by atoms with Crippen molar-refractivity contribution in [2.75, 3.05) is 12.3 Å². The largest absolute Gasteiger partial charge is 0.394 e. The van der Waals surface area contributed by atoms with E-state index in [-0.39, 0.29) is 6.54 Å². The number of rotatable bonds is 2. The van der Waals surface area contributed by atoms with Gasteiger partial charge < -0.3 is 16.6 Å². The molecule has 0 aliphatic heterocycles. The van der Waals surface area contributed by atoms with Crippen molar-refractivity contribution in [1.29, 1.82) is 0 Å². The van der Waals surface area contributed by atoms with Crippen LogP contribution in [0.25, 0.3) is 5.65 Å². The Labute approximate surface area is 80.2 Å². The van der Waals surface area contributed by atoms with Crippen molar-refractivity contribution in [2.45, 2.75) is 6.10 Å². The van der Waals surface area contributed by atoms with Crippen molar-refractivity contribution >= 4 is 11.3 Å². The molecule has 0 bridgehead atoms. The highest BCUT2D eigenvalue weighted by Gasteiger charge is 2.11. The van der Waals surface area contributed by atoms with Gasteiger partial charge >= 0.3 is 0 Å². The number of fused-ring (bicyclic) bond motifs is 1. The number of nitrogens with zero attached hydrogens (tertiary/aromatic N) is 3. The van der Waals surface area contributed by atoms with Gasteiger partial charge in [-0.1, -0.05) is 0 Å². The predicted octanol–water partition coefficient (Wildman–Crippen LogP) is -0.696. The number of hydrogen-bond acceptors (Lipinski definition) is 5. The molecule has 0 aromatic carbocycles. The van der Waals surface area contributed by atoms with E-state index in [0.717, 1.165) is 0 Å². The number of nitrogen functional groups attached to an aromatic ring is 1. The Morgan fingerprint density at radius 1 is 1.57 bits per heavy atom. The summed E-state index contributed by atoms with van der Waals surface area (Å²) in [4.78, 5) is 4.04. The zero-order valence-corrected chi connectivity index (χ0v) is 7.46. The normalized spacial score (nSPS) is 13.3. The molecule has 2 heterocycles. The number of aliphatic hydroxyl groups excluding tert-OH is 1. The second kappa shape index (κ2) is 3.24. The zero-order chi connectivity index (χ0) is 10.1. The van der Waals surface area contributed by atoms with Gasteiger partial charge in [0.25, 0.3) is 0 Å². The lowest BCUT2D eigenvalue weighted by Gasteiger charge is -2.08. The second-order valence-electron chi connectivity index (χ2n) is 2.96. The van der Waals surface area contributed by atoms with Crippen LogP contribution in [0.15, 0.2) is 18.5 Å². The summed E-state index contributed by atoms with van der Waals surface area (Å²) in [5, 5.41) is 13.6. The molecule has 0 radical (unpaired) electrons. The maximum Gasteiger partial charge on any atom is 0.178 e. The molecule has 6 heteroatoms. The number of nitrogens with two attached hydrogens (primary N) is 2. The van der Waals surface area contributed by atoms with Gasteiger partial charge in [-0.25, -0.2) is 9.50 Å². The monoisotopic (exact) mass is 193 g/mol. The Bertz CT molecular complexity index is 452. The van der Waals surface area contributed by atoms with Gasteiger partial charge in [0.1, 0.15) is 6.10 Å². The number of anilines is 1. The first-order chi connectivity index (χ1) is 6.74. The molecule has 0 fully saturated rings. The van der Waals surface area contributed by atoms with Crippen molar-refractivity contribution in [1.82, 2.24) is 14.6 Å². The summed E-state index contributed by atoms with van der Waals surface area (Å²) in [5.74, 6) is 0. The molecule has 74 valence electrons. The van der Waals surface area contributed by atoms with Gasteiger partial charge in [0.2, 0.25) is 0 Å². The van der Waals surface area contributed by atoms with E-state index >= 15 is 0 Å². The topological polar surface area (TPSA) is 102 Å². The van der Waals surface area contributed by atoms with Crippen molar-refractivity contribution in [3.05, 3.63) is 24.2 Å². The Hall–Kier alpha value is -1.66. The molecule has 0 saturated carbocycles. The minimum atomic E-state index is -0.750. The minimum absolute atomic E-state index is 0.138. The third-order valence-corrected chi connectivity index (χ3v) is 2.02. The molecule has 1 unspecified atom stereocenters. The number of aromatic nitrogens is 3. The SMILES string of the molecule is NCC(O)c1ccnc2c(N)cnn12. The molecule has 14 heavy (non-hydrogen) atoms. The van der Waals surface area contributed by atoms with Crippen molar-refractivity contribution < 1.29 is 5.11 Å². The van der Waals surface area contributed by atoms with Crippen molar-refractivity contribution in [3.63, 3.8) is 0 Å². The van der Waals surface area contributed by atoms with Crippen LogP contribution in [-0.4, -0.2) is 26.2 Å². The van der Waals surface area contributed by atoms with Gasteiger partial charge in [-0.15, -0.1) is 0 Å². The Morgan fingerprint density at radius 2 is 2.36 bits per heavy atom. The van der Waals surface area contributed by atoms with E-state index in [4.69, 9.17) is 11.5 Å². The van der Waals surface area contributed by atoms with Crippen molar-refractivity contribution in [2.24, 2.45) is 5.73 Å². The molecule has 5 N–H and O–H groups in total. The first kappa shape index (κ1) is 8.92. The first-order valence-electron chi connectivity index (χ1n) is 4.20. The molecule has 0 spiro atoms. The molecule has 1 atom stereocenters. The fourth-order valence-electron chi connectivity index (χ4n) is 1.30. The lowest BCUT2D eigenvalue weighted by Crippen LogP contribution is -2.15. The summed E-state index contributed by atoms with van der Waals surface area (Å²) in [6.45, 7) is 0.138. The van der Waals surface area contributed by atoms with Gasteiger partial charge in [-0.2, -0.15) is 5.10 Å². The Morgan fingerprint density at radius 3 is 3.07 bits per heavy atom. The molecule has 6 nitrogen and oxygen atoms in total. The fraction of sp³-hybridized carbons (Fsp3) is 0.250. The molecule has 0 saturated heterocycles. The van der Waals surface area contributed by atoms with Gasteiger partial charge in [0.15, 0.2) is 5.65 Å². The zero-order valence-electron chi connectivity index (χ0n) is 7.46. The van der Waals surface area contributed by atoms with E-state index in [1.54, 1.807) is 12.3 Å². The summed E-state index contributed by atoms with van der Waals surface area (Å²) in [5.41, 5.74) is 12.6. The van der Waals surface area contributed by atoms with Crippen molar-refractivity contribution in [3.8, 4) is 0 Å². The average molecular weight is 193 g/mol. The van der Waals surface area contributed by atoms with Crippen LogP contribution in [0, 0.1) is 0 Å².